The average molecular weight is 634 g/mol. The SMILES string of the molecule is CCc1c(Br)cc2c(c1Cl)-n1c(C)cnc1[C@H](CCC(=O)OC(C)(CC)SC(=O)OC)N=C2c1ccccn1. The van der Waals surface area contributed by atoms with Gasteiger partial charge in [0.05, 0.1) is 29.2 Å². The number of benzene rings is 1. The molecule has 8 nitrogen and oxygen atoms in total. The molecular formula is C28H30BrClN4O4S. The maximum absolute atomic E-state index is 13.0. The minimum Gasteiger partial charge on any atom is -0.461 e. The number of fused-ring (bicyclic) bond motifs is 3. The third kappa shape index (κ3) is 6.07. The Morgan fingerprint density at radius 3 is 2.67 bits per heavy atom. The minimum atomic E-state index is -1.03. The molecule has 206 valence electrons. The van der Waals surface area contributed by atoms with E-state index in [-0.39, 0.29) is 6.42 Å². The molecule has 2 aromatic heterocycles. The number of aryl methyl sites for hydroxylation is 1. The molecule has 0 spiro atoms. The molecule has 1 aliphatic rings. The Bertz CT molecular complexity index is 1430. The predicted octanol–water partition coefficient (Wildman–Crippen LogP) is 7.40. The summed E-state index contributed by atoms with van der Waals surface area (Å²) in [6.45, 7) is 7.58. The van der Waals surface area contributed by atoms with Gasteiger partial charge >= 0.3 is 11.3 Å². The first-order chi connectivity index (χ1) is 18.6. The third-order valence-corrected chi connectivity index (χ3v) is 8.89. The number of rotatable bonds is 8. The van der Waals surface area contributed by atoms with Crippen LogP contribution in [-0.2, 0) is 20.7 Å². The molecule has 4 rings (SSSR count). The highest BCUT2D eigenvalue weighted by Crippen LogP contribution is 2.41. The number of aliphatic imine (C=N–C) groups is 1. The summed E-state index contributed by atoms with van der Waals surface area (Å²) < 4.78 is 13.4. The first-order valence-electron chi connectivity index (χ1n) is 12.7. The largest absolute Gasteiger partial charge is 0.461 e. The van der Waals surface area contributed by atoms with Crippen LogP contribution in [0.5, 0.6) is 0 Å². The normalized spacial score (nSPS) is 15.9. The zero-order chi connectivity index (χ0) is 28.3. The van der Waals surface area contributed by atoms with Gasteiger partial charge in [0.2, 0.25) is 0 Å². The number of ether oxygens (including phenoxy) is 2. The van der Waals surface area contributed by atoms with Gasteiger partial charge in [-0.05, 0) is 56.9 Å². The fourth-order valence-electron chi connectivity index (χ4n) is 4.47. The molecule has 1 aromatic carbocycles. The summed E-state index contributed by atoms with van der Waals surface area (Å²) in [5.74, 6) is 0.247. The Morgan fingerprint density at radius 2 is 2.03 bits per heavy atom. The van der Waals surface area contributed by atoms with Gasteiger partial charge in [-0.3, -0.25) is 19.3 Å². The summed E-state index contributed by atoms with van der Waals surface area (Å²) in [7, 11) is 1.30. The number of carbonyl (C=O) groups excluding carboxylic acids is 2. The van der Waals surface area contributed by atoms with Gasteiger partial charge in [0.1, 0.15) is 11.9 Å². The first kappa shape index (κ1) is 29.3. The van der Waals surface area contributed by atoms with Crippen LogP contribution in [0.1, 0.15) is 74.4 Å². The Labute approximate surface area is 245 Å². The van der Waals surface area contributed by atoms with E-state index in [9.17, 15) is 9.59 Å². The number of hydrogen-bond acceptors (Lipinski definition) is 8. The van der Waals surface area contributed by atoms with Crippen molar-refractivity contribution in [2.24, 2.45) is 4.99 Å². The highest BCUT2D eigenvalue weighted by atomic mass is 79.9. The topological polar surface area (TPSA) is 95.7 Å². The molecule has 0 aliphatic carbocycles. The molecule has 2 atom stereocenters. The average Bonchev–Trinajstić information content (AvgIpc) is 3.22. The van der Waals surface area contributed by atoms with Gasteiger partial charge in [-0.2, -0.15) is 0 Å². The van der Waals surface area contributed by atoms with Gasteiger partial charge in [0.25, 0.3) is 0 Å². The highest BCUT2D eigenvalue weighted by Gasteiger charge is 2.34. The van der Waals surface area contributed by atoms with E-state index in [1.807, 2.05) is 42.7 Å². The summed E-state index contributed by atoms with van der Waals surface area (Å²) in [4.78, 5) is 38.2. The molecular weight excluding hydrogens is 604 g/mol. The minimum absolute atomic E-state index is 0.0703. The smallest absolute Gasteiger partial charge is 0.370 e. The standard InChI is InChI=1S/C28H30BrClN4O4S/c1-6-17-19(29)14-18-24(20-10-8-9-13-31-20)33-21(26-32-15-16(3)34(26)25(18)23(17)30)11-12-22(35)38-28(4,7-2)39-27(36)37-5/h8-10,13-15,21H,6-7,11-12H2,1-5H3/t21-,28?/m0/s1. The number of carbonyl (C=O) groups is 2. The van der Waals surface area contributed by atoms with E-state index in [0.717, 1.165) is 45.2 Å². The number of esters is 1. The van der Waals surface area contributed by atoms with E-state index < -0.39 is 22.2 Å². The summed E-state index contributed by atoms with van der Waals surface area (Å²) >= 11 is 11.6. The van der Waals surface area contributed by atoms with Gasteiger partial charge in [-0.25, -0.2) is 9.78 Å². The Balaban J connectivity index is 1.77. The zero-order valence-corrected chi connectivity index (χ0v) is 25.6. The number of aromatic nitrogens is 3. The molecule has 39 heavy (non-hydrogen) atoms. The van der Waals surface area contributed by atoms with E-state index in [1.54, 1.807) is 19.3 Å². The Morgan fingerprint density at radius 1 is 1.26 bits per heavy atom. The van der Waals surface area contributed by atoms with Crippen LogP contribution in [0.25, 0.3) is 5.69 Å². The molecule has 0 amide bonds. The van der Waals surface area contributed by atoms with Crippen molar-refractivity contribution in [3.63, 3.8) is 0 Å². The number of halogens is 2. The van der Waals surface area contributed by atoms with Crippen LogP contribution in [-0.4, -0.2) is 43.6 Å². The molecule has 11 heteroatoms. The van der Waals surface area contributed by atoms with Gasteiger partial charge in [0.15, 0.2) is 4.93 Å². The molecule has 3 heterocycles. The molecule has 3 aromatic rings. The molecule has 1 unspecified atom stereocenters. The lowest BCUT2D eigenvalue weighted by Crippen LogP contribution is -2.29. The van der Waals surface area contributed by atoms with E-state index in [2.05, 4.69) is 27.8 Å². The van der Waals surface area contributed by atoms with Gasteiger partial charge in [-0.1, -0.05) is 47.4 Å². The van der Waals surface area contributed by atoms with Crippen molar-refractivity contribution in [3.05, 3.63) is 74.5 Å². The Kier molecular flexibility index (Phi) is 9.18. The second-order valence-corrected chi connectivity index (χ2v) is 11.9. The molecule has 0 fully saturated rings. The lowest BCUT2D eigenvalue weighted by Gasteiger charge is -2.26. The van der Waals surface area contributed by atoms with E-state index in [1.165, 1.54) is 7.11 Å². The summed E-state index contributed by atoms with van der Waals surface area (Å²) in [5.41, 5.74) is 4.86. The zero-order valence-electron chi connectivity index (χ0n) is 22.5. The third-order valence-electron chi connectivity index (χ3n) is 6.64. The van der Waals surface area contributed by atoms with Crippen molar-refractivity contribution in [2.45, 2.75) is 64.4 Å². The second kappa shape index (κ2) is 12.2. The molecule has 1 aliphatic heterocycles. The molecule has 0 radical (unpaired) electrons. The monoisotopic (exact) mass is 632 g/mol. The molecule has 0 saturated carbocycles. The highest BCUT2D eigenvalue weighted by molar-refractivity contribution is 9.10. The van der Waals surface area contributed by atoms with Crippen LogP contribution in [0.4, 0.5) is 4.79 Å². The maximum atomic E-state index is 13.0. The van der Waals surface area contributed by atoms with Crippen LogP contribution in [0, 0.1) is 6.92 Å². The molecule has 0 N–H and O–H groups in total. The summed E-state index contributed by atoms with van der Waals surface area (Å²) in [5, 5.41) is 0.108. The van der Waals surface area contributed by atoms with E-state index in [4.69, 9.17) is 31.1 Å². The van der Waals surface area contributed by atoms with Crippen molar-refractivity contribution < 1.29 is 19.1 Å². The Hall–Kier alpha value is -2.69. The fourth-order valence-corrected chi connectivity index (χ4v) is 6.42. The number of imidazole rings is 1. The van der Waals surface area contributed by atoms with Crippen LogP contribution < -0.4 is 0 Å². The number of methoxy groups -OCH3 is 1. The van der Waals surface area contributed by atoms with Crippen LogP contribution in [0.15, 0.2) is 46.1 Å². The van der Waals surface area contributed by atoms with E-state index >= 15 is 0 Å². The second-order valence-electron chi connectivity index (χ2n) is 9.26. The quantitative estimate of drug-likeness (QED) is 0.188. The van der Waals surface area contributed by atoms with Crippen molar-refractivity contribution in [3.8, 4) is 5.69 Å². The number of thioether (sulfide) groups is 1. The van der Waals surface area contributed by atoms with Gasteiger partial charge in [-0.15, -0.1) is 0 Å². The van der Waals surface area contributed by atoms with Crippen LogP contribution in [0.3, 0.4) is 0 Å². The maximum Gasteiger partial charge on any atom is 0.370 e. The van der Waals surface area contributed by atoms with Crippen molar-refractivity contribution in [1.29, 1.82) is 0 Å². The van der Waals surface area contributed by atoms with Crippen molar-refractivity contribution >= 4 is 56.3 Å². The molecule has 0 bridgehead atoms. The van der Waals surface area contributed by atoms with Gasteiger partial charge < -0.3 is 9.47 Å². The van der Waals surface area contributed by atoms with Gasteiger partial charge in [0, 0.05) is 46.3 Å². The number of pyridine rings is 1. The van der Waals surface area contributed by atoms with Crippen molar-refractivity contribution in [2.75, 3.05) is 7.11 Å². The lowest BCUT2D eigenvalue weighted by molar-refractivity contribution is -0.150. The number of hydrogen-bond donors (Lipinski definition) is 0. The lowest BCUT2D eigenvalue weighted by atomic mass is 10.0. The van der Waals surface area contributed by atoms with E-state index in [0.29, 0.717) is 35.1 Å². The summed E-state index contributed by atoms with van der Waals surface area (Å²) in [6.07, 6.45) is 5.09. The summed E-state index contributed by atoms with van der Waals surface area (Å²) in [6, 6.07) is 7.22. The first-order valence-corrected chi connectivity index (χ1v) is 14.6. The predicted molar refractivity (Wildman–Crippen MR) is 157 cm³/mol. The number of nitrogens with zero attached hydrogens (tertiary/aromatic N) is 4. The van der Waals surface area contributed by atoms with Crippen LogP contribution >= 0.6 is 39.3 Å². The van der Waals surface area contributed by atoms with Crippen LogP contribution in [0.2, 0.25) is 5.02 Å². The van der Waals surface area contributed by atoms with Crippen molar-refractivity contribution in [1.82, 2.24) is 14.5 Å². The molecule has 0 saturated heterocycles. The fraction of sp³-hybridized carbons (Fsp3) is 0.393.